The molecule has 2 rings (SSSR count). The van der Waals surface area contributed by atoms with Crippen LogP contribution in [-0.2, 0) is 0 Å². The number of rotatable bonds is 2. The van der Waals surface area contributed by atoms with E-state index in [9.17, 15) is 0 Å². The van der Waals surface area contributed by atoms with Crippen molar-refractivity contribution in [1.82, 2.24) is 4.37 Å². The van der Waals surface area contributed by atoms with Gasteiger partial charge in [0.2, 0.25) is 0 Å². The van der Waals surface area contributed by atoms with Crippen LogP contribution in [0.5, 0.6) is 0 Å². The minimum absolute atomic E-state index is 0.543. The first-order valence-corrected chi connectivity index (χ1v) is 5.05. The molecule has 0 aliphatic heterocycles. The van der Waals surface area contributed by atoms with Crippen molar-refractivity contribution < 1.29 is 4.42 Å². The van der Waals surface area contributed by atoms with Crippen molar-refractivity contribution >= 4 is 11.5 Å². The minimum atomic E-state index is 0.543. The summed E-state index contributed by atoms with van der Waals surface area (Å²) in [6.07, 6.45) is 1.67. The smallest absolute Gasteiger partial charge is 0.153 e. The summed E-state index contributed by atoms with van der Waals surface area (Å²) in [5.74, 6) is 1.39. The zero-order valence-electron chi connectivity index (χ0n) is 7.65. The Hall–Kier alpha value is -1.09. The maximum absolute atomic E-state index is 5.26. The van der Waals surface area contributed by atoms with E-state index in [1.807, 2.05) is 12.1 Å². The molecular weight excluding hydrogens is 182 g/mol. The van der Waals surface area contributed by atoms with E-state index >= 15 is 0 Å². The van der Waals surface area contributed by atoms with Crippen molar-refractivity contribution in [2.45, 2.75) is 19.8 Å². The Labute approximate surface area is 81.4 Å². The number of furan rings is 1. The lowest BCUT2D eigenvalue weighted by Crippen LogP contribution is -1.78. The zero-order chi connectivity index (χ0) is 9.26. The van der Waals surface area contributed by atoms with Gasteiger partial charge in [-0.15, -0.1) is 0 Å². The molecular formula is C10H11NOS. The van der Waals surface area contributed by atoms with Gasteiger partial charge < -0.3 is 4.42 Å². The second-order valence-electron chi connectivity index (χ2n) is 3.25. The molecule has 0 amide bonds. The minimum Gasteiger partial charge on any atom is -0.463 e. The Morgan fingerprint density at radius 3 is 2.85 bits per heavy atom. The molecule has 0 bridgehead atoms. The number of nitrogens with zero attached hydrogens (tertiary/aromatic N) is 1. The molecule has 0 aliphatic rings. The fraction of sp³-hybridized carbons (Fsp3) is 0.300. The summed E-state index contributed by atoms with van der Waals surface area (Å²) in [5.41, 5.74) is 0.943. The molecule has 0 unspecified atom stereocenters. The van der Waals surface area contributed by atoms with Gasteiger partial charge in [0.25, 0.3) is 0 Å². The van der Waals surface area contributed by atoms with Crippen LogP contribution in [0.3, 0.4) is 0 Å². The van der Waals surface area contributed by atoms with Gasteiger partial charge in [-0.2, -0.15) is 4.37 Å². The van der Waals surface area contributed by atoms with Crippen LogP contribution in [0.25, 0.3) is 11.5 Å². The van der Waals surface area contributed by atoms with Gasteiger partial charge in [0.15, 0.2) is 5.76 Å². The van der Waals surface area contributed by atoms with Gasteiger partial charge in [-0.3, -0.25) is 0 Å². The Balaban J connectivity index is 2.33. The predicted molar refractivity (Wildman–Crippen MR) is 53.9 cm³/mol. The van der Waals surface area contributed by atoms with Crippen molar-refractivity contribution in [1.29, 1.82) is 0 Å². The summed E-state index contributed by atoms with van der Waals surface area (Å²) in [4.78, 5) is 1.30. The highest BCUT2D eigenvalue weighted by Crippen LogP contribution is 2.26. The van der Waals surface area contributed by atoms with Crippen LogP contribution in [0, 0.1) is 0 Å². The van der Waals surface area contributed by atoms with Crippen LogP contribution in [0.2, 0.25) is 0 Å². The molecule has 0 aliphatic carbocycles. The predicted octanol–water partition coefficient (Wildman–Crippen LogP) is 3.53. The van der Waals surface area contributed by atoms with E-state index in [2.05, 4.69) is 24.3 Å². The quantitative estimate of drug-likeness (QED) is 0.729. The van der Waals surface area contributed by atoms with Gasteiger partial charge in [0.1, 0.15) is 5.69 Å². The molecule has 0 saturated carbocycles. The van der Waals surface area contributed by atoms with E-state index in [4.69, 9.17) is 4.42 Å². The number of hydrogen-bond acceptors (Lipinski definition) is 3. The Morgan fingerprint density at radius 2 is 2.31 bits per heavy atom. The van der Waals surface area contributed by atoms with Gasteiger partial charge in [-0.25, -0.2) is 0 Å². The van der Waals surface area contributed by atoms with E-state index in [1.165, 1.54) is 4.88 Å². The molecule has 0 spiro atoms. The van der Waals surface area contributed by atoms with Crippen molar-refractivity contribution in [3.05, 3.63) is 29.3 Å². The maximum Gasteiger partial charge on any atom is 0.153 e. The zero-order valence-corrected chi connectivity index (χ0v) is 8.47. The third-order valence-electron chi connectivity index (χ3n) is 1.87. The van der Waals surface area contributed by atoms with E-state index in [0.717, 1.165) is 11.5 Å². The fourth-order valence-electron chi connectivity index (χ4n) is 1.10. The highest BCUT2D eigenvalue weighted by atomic mass is 32.1. The van der Waals surface area contributed by atoms with Gasteiger partial charge >= 0.3 is 0 Å². The van der Waals surface area contributed by atoms with Crippen LogP contribution < -0.4 is 0 Å². The average Bonchev–Trinajstić information content (AvgIpc) is 2.75. The molecule has 0 fully saturated rings. The van der Waals surface area contributed by atoms with Crippen molar-refractivity contribution in [3.63, 3.8) is 0 Å². The molecule has 0 saturated heterocycles. The van der Waals surface area contributed by atoms with E-state index in [0.29, 0.717) is 5.92 Å². The number of hydrogen-bond donors (Lipinski definition) is 0. The summed E-state index contributed by atoms with van der Waals surface area (Å²) in [6.45, 7) is 4.33. The lowest BCUT2D eigenvalue weighted by Gasteiger charge is -1.95. The van der Waals surface area contributed by atoms with Gasteiger partial charge in [-0.1, -0.05) is 13.8 Å². The summed E-state index contributed by atoms with van der Waals surface area (Å²) in [6, 6.07) is 5.90. The van der Waals surface area contributed by atoms with Crippen molar-refractivity contribution in [2.75, 3.05) is 0 Å². The highest BCUT2D eigenvalue weighted by Gasteiger charge is 2.08. The Bertz CT molecular complexity index is 375. The molecule has 2 aromatic heterocycles. The molecule has 0 radical (unpaired) electrons. The summed E-state index contributed by atoms with van der Waals surface area (Å²) >= 11 is 1.55. The van der Waals surface area contributed by atoms with Crippen molar-refractivity contribution in [2.24, 2.45) is 0 Å². The summed E-state index contributed by atoms with van der Waals surface area (Å²) in [5, 5.41) is 0. The molecule has 13 heavy (non-hydrogen) atoms. The Kier molecular flexibility index (Phi) is 2.19. The fourth-order valence-corrected chi connectivity index (χ4v) is 1.82. The molecule has 0 atom stereocenters. The van der Waals surface area contributed by atoms with E-state index in [-0.39, 0.29) is 0 Å². The summed E-state index contributed by atoms with van der Waals surface area (Å²) < 4.78 is 9.58. The second kappa shape index (κ2) is 3.34. The van der Waals surface area contributed by atoms with Crippen molar-refractivity contribution in [3.8, 4) is 11.5 Å². The SMILES string of the molecule is CC(C)c1cc(-c2ccco2)ns1. The largest absolute Gasteiger partial charge is 0.463 e. The van der Waals surface area contributed by atoms with Gasteiger partial charge in [0, 0.05) is 4.88 Å². The third-order valence-corrected chi connectivity index (χ3v) is 2.96. The van der Waals surface area contributed by atoms with Gasteiger partial charge in [0.05, 0.1) is 6.26 Å². The molecule has 2 nitrogen and oxygen atoms in total. The Morgan fingerprint density at radius 1 is 1.46 bits per heavy atom. The number of aromatic nitrogens is 1. The monoisotopic (exact) mass is 193 g/mol. The first-order chi connectivity index (χ1) is 6.27. The van der Waals surface area contributed by atoms with Gasteiger partial charge in [-0.05, 0) is 35.6 Å². The highest BCUT2D eigenvalue weighted by molar-refractivity contribution is 7.06. The molecule has 0 N–H and O–H groups in total. The molecule has 68 valence electrons. The third kappa shape index (κ3) is 1.65. The normalized spacial score (nSPS) is 11.0. The van der Waals surface area contributed by atoms with Crippen LogP contribution in [0.1, 0.15) is 24.6 Å². The summed E-state index contributed by atoms with van der Waals surface area (Å²) in [7, 11) is 0. The molecule has 3 heteroatoms. The first kappa shape index (κ1) is 8.51. The topological polar surface area (TPSA) is 26.0 Å². The molecule has 2 aromatic rings. The van der Waals surface area contributed by atoms with E-state index < -0.39 is 0 Å². The lowest BCUT2D eigenvalue weighted by molar-refractivity contribution is 0.581. The van der Waals surface area contributed by atoms with Crippen LogP contribution in [-0.4, -0.2) is 4.37 Å². The van der Waals surface area contributed by atoms with E-state index in [1.54, 1.807) is 17.8 Å². The lowest BCUT2D eigenvalue weighted by atomic mass is 10.1. The second-order valence-corrected chi connectivity index (χ2v) is 4.08. The standard InChI is InChI=1S/C10H11NOS/c1-7(2)10-6-8(11-13-10)9-4-3-5-12-9/h3-7H,1-2H3. The first-order valence-electron chi connectivity index (χ1n) is 4.28. The average molecular weight is 193 g/mol. The maximum atomic E-state index is 5.26. The molecule has 0 aromatic carbocycles. The van der Waals surface area contributed by atoms with Crippen LogP contribution in [0.4, 0.5) is 0 Å². The van der Waals surface area contributed by atoms with Crippen LogP contribution >= 0.6 is 11.5 Å². The van der Waals surface area contributed by atoms with Crippen LogP contribution in [0.15, 0.2) is 28.9 Å². The molecule has 2 heterocycles.